The van der Waals surface area contributed by atoms with E-state index in [0.29, 0.717) is 31.6 Å². The van der Waals surface area contributed by atoms with Crippen LogP contribution in [0.1, 0.15) is 12.8 Å². The molecule has 1 aliphatic heterocycles. The van der Waals surface area contributed by atoms with Crippen molar-refractivity contribution in [2.45, 2.75) is 18.4 Å². The predicted octanol–water partition coefficient (Wildman–Crippen LogP) is 1.81. The fourth-order valence-electron chi connectivity index (χ4n) is 2.68. The molecule has 0 aliphatic carbocycles. The molecular weight excluding hydrogens is 247 g/mol. The summed E-state index contributed by atoms with van der Waals surface area (Å²) in [5.41, 5.74) is -0.276. The summed E-state index contributed by atoms with van der Waals surface area (Å²) in [5.74, 6) is -1.05. The van der Waals surface area contributed by atoms with E-state index in [-0.39, 0.29) is 5.82 Å². The van der Waals surface area contributed by atoms with Gasteiger partial charge in [0, 0.05) is 13.1 Å². The third-order valence-electron chi connectivity index (χ3n) is 4.04. The number of aliphatic carboxylic acids is 1. The second-order valence-electron chi connectivity index (χ2n) is 5.17. The van der Waals surface area contributed by atoms with Crippen molar-refractivity contribution in [3.05, 3.63) is 30.1 Å². The van der Waals surface area contributed by atoms with E-state index < -0.39 is 11.5 Å². The number of anilines is 1. The lowest BCUT2D eigenvalue weighted by Gasteiger charge is -2.43. The van der Waals surface area contributed by atoms with Crippen molar-refractivity contribution in [2.75, 3.05) is 32.1 Å². The van der Waals surface area contributed by atoms with Crippen LogP contribution in [0.15, 0.2) is 24.3 Å². The van der Waals surface area contributed by atoms with Crippen LogP contribution >= 0.6 is 0 Å². The van der Waals surface area contributed by atoms with Crippen LogP contribution in [0.2, 0.25) is 0 Å². The summed E-state index contributed by atoms with van der Waals surface area (Å²) in [4.78, 5) is 15.2. The van der Waals surface area contributed by atoms with Crippen molar-refractivity contribution in [2.24, 2.45) is 0 Å². The Morgan fingerprint density at radius 1 is 1.32 bits per heavy atom. The van der Waals surface area contributed by atoms with Crippen LogP contribution in [0.25, 0.3) is 0 Å². The predicted molar refractivity (Wildman–Crippen MR) is 71.9 cm³/mol. The van der Waals surface area contributed by atoms with Crippen molar-refractivity contribution < 1.29 is 14.3 Å². The number of piperidine rings is 1. The van der Waals surface area contributed by atoms with Crippen LogP contribution in [0.5, 0.6) is 0 Å². The van der Waals surface area contributed by atoms with Gasteiger partial charge in [0.25, 0.3) is 0 Å². The highest BCUT2D eigenvalue weighted by Gasteiger charge is 2.43. The van der Waals surface area contributed by atoms with E-state index in [1.165, 1.54) is 6.07 Å². The normalized spacial score (nSPS) is 18.6. The van der Waals surface area contributed by atoms with E-state index in [4.69, 9.17) is 0 Å². The molecule has 104 valence electrons. The van der Waals surface area contributed by atoms with Gasteiger partial charge in [-0.2, -0.15) is 0 Å². The molecule has 1 fully saturated rings. The van der Waals surface area contributed by atoms with E-state index in [9.17, 15) is 14.3 Å². The molecule has 19 heavy (non-hydrogen) atoms. The second kappa shape index (κ2) is 5.17. The number of carboxylic acids is 1. The molecule has 0 unspecified atom stereocenters. The fourth-order valence-corrected chi connectivity index (χ4v) is 2.68. The molecule has 0 spiro atoms. The van der Waals surface area contributed by atoms with E-state index >= 15 is 0 Å². The number of para-hydroxylation sites is 1. The Morgan fingerprint density at radius 3 is 2.37 bits per heavy atom. The molecule has 0 radical (unpaired) electrons. The molecular formula is C14H19FN2O2. The third kappa shape index (κ3) is 2.42. The van der Waals surface area contributed by atoms with Gasteiger partial charge in [0.05, 0.1) is 5.69 Å². The standard InChI is InChI=1S/C14H19FN2O2/c1-16(2)14(13(18)19)7-9-17(10-8-14)12-6-4-3-5-11(12)15/h3-6H,7-10H2,1-2H3,(H,18,19). The Balaban J connectivity index is 2.15. The lowest BCUT2D eigenvalue weighted by atomic mass is 9.86. The van der Waals surface area contributed by atoms with Crippen LogP contribution in [-0.4, -0.2) is 48.7 Å². The summed E-state index contributed by atoms with van der Waals surface area (Å²) in [6.45, 7) is 1.09. The molecule has 0 amide bonds. The number of likely N-dealkylation sites (N-methyl/N-ethyl adjacent to an activating group) is 1. The highest BCUT2D eigenvalue weighted by Crippen LogP contribution is 2.31. The molecule has 4 nitrogen and oxygen atoms in total. The van der Waals surface area contributed by atoms with Gasteiger partial charge in [-0.3, -0.25) is 9.69 Å². The summed E-state index contributed by atoms with van der Waals surface area (Å²) in [7, 11) is 3.57. The number of benzene rings is 1. The maximum absolute atomic E-state index is 13.7. The molecule has 1 aromatic carbocycles. The number of rotatable bonds is 3. The Kier molecular flexibility index (Phi) is 3.75. The third-order valence-corrected chi connectivity index (χ3v) is 4.04. The largest absolute Gasteiger partial charge is 0.480 e. The zero-order valence-corrected chi connectivity index (χ0v) is 11.3. The Morgan fingerprint density at radius 2 is 1.89 bits per heavy atom. The summed E-state index contributed by atoms with van der Waals surface area (Å²) in [6.07, 6.45) is 0.979. The minimum absolute atomic E-state index is 0.254. The van der Waals surface area contributed by atoms with Crippen molar-refractivity contribution in [3.8, 4) is 0 Å². The zero-order chi connectivity index (χ0) is 14.0. The van der Waals surface area contributed by atoms with Crippen LogP contribution in [0, 0.1) is 5.82 Å². The number of carboxylic acid groups (broad SMARTS) is 1. The summed E-state index contributed by atoms with van der Waals surface area (Å²) in [6, 6.07) is 6.62. The topological polar surface area (TPSA) is 43.8 Å². The molecule has 1 heterocycles. The monoisotopic (exact) mass is 266 g/mol. The SMILES string of the molecule is CN(C)C1(C(=O)O)CCN(c2ccccc2F)CC1. The average molecular weight is 266 g/mol. The Bertz CT molecular complexity index is 468. The first-order valence-corrected chi connectivity index (χ1v) is 6.38. The van der Waals surface area contributed by atoms with Crippen LogP contribution in [0.3, 0.4) is 0 Å². The molecule has 1 aromatic rings. The minimum atomic E-state index is -0.832. The van der Waals surface area contributed by atoms with E-state index in [0.717, 1.165) is 0 Å². The van der Waals surface area contributed by atoms with Crippen molar-refractivity contribution in [1.82, 2.24) is 4.90 Å². The molecule has 0 bridgehead atoms. The zero-order valence-electron chi connectivity index (χ0n) is 11.3. The first-order valence-electron chi connectivity index (χ1n) is 6.38. The average Bonchev–Trinajstić information content (AvgIpc) is 2.39. The van der Waals surface area contributed by atoms with Gasteiger partial charge in [0.15, 0.2) is 0 Å². The number of nitrogens with zero attached hydrogens (tertiary/aromatic N) is 2. The maximum Gasteiger partial charge on any atom is 0.324 e. The molecule has 5 heteroatoms. The van der Waals surface area contributed by atoms with Gasteiger partial charge in [-0.05, 0) is 39.1 Å². The van der Waals surface area contributed by atoms with Gasteiger partial charge >= 0.3 is 5.97 Å². The van der Waals surface area contributed by atoms with E-state index in [1.807, 2.05) is 4.90 Å². The van der Waals surface area contributed by atoms with Crippen LogP contribution < -0.4 is 4.90 Å². The smallest absolute Gasteiger partial charge is 0.324 e. The molecule has 0 aromatic heterocycles. The van der Waals surface area contributed by atoms with E-state index in [1.54, 1.807) is 37.2 Å². The number of hydrogen-bond donors (Lipinski definition) is 1. The van der Waals surface area contributed by atoms with Gasteiger partial charge in [0.2, 0.25) is 0 Å². The Labute approximate surface area is 112 Å². The van der Waals surface area contributed by atoms with Gasteiger partial charge in [0.1, 0.15) is 11.4 Å². The highest BCUT2D eigenvalue weighted by molar-refractivity contribution is 5.79. The van der Waals surface area contributed by atoms with Crippen molar-refractivity contribution in [3.63, 3.8) is 0 Å². The van der Waals surface area contributed by atoms with Crippen molar-refractivity contribution >= 4 is 11.7 Å². The number of halogens is 1. The van der Waals surface area contributed by atoms with Crippen LogP contribution in [-0.2, 0) is 4.79 Å². The highest BCUT2D eigenvalue weighted by atomic mass is 19.1. The summed E-state index contributed by atoms with van der Waals surface area (Å²) < 4.78 is 13.7. The van der Waals surface area contributed by atoms with Gasteiger partial charge in [-0.1, -0.05) is 12.1 Å². The Hall–Kier alpha value is -1.62. The first kappa shape index (κ1) is 13.8. The molecule has 0 saturated carbocycles. The molecule has 2 rings (SSSR count). The van der Waals surface area contributed by atoms with Crippen molar-refractivity contribution in [1.29, 1.82) is 0 Å². The fraction of sp³-hybridized carbons (Fsp3) is 0.500. The molecule has 1 saturated heterocycles. The molecule has 1 N–H and O–H groups in total. The quantitative estimate of drug-likeness (QED) is 0.906. The first-order chi connectivity index (χ1) is 8.97. The van der Waals surface area contributed by atoms with Gasteiger partial charge < -0.3 is 10.0 Å². The lowest BCUT2D eigenvalue weighted by Crippen LogP contribution is -2.57. The number of hydrogen-bond acceptors (Lipinski definition) is 3. The summed E-state index contributed by atoms with van der Waals surface area (Å²) >= 11 is 0. The van der Waals surface area contributed by atoms with Crippen LogP contribution in [0.4, 0.5) is 10.1 Å². The lowest BCUT2D eigenvalue weighted by molar-refractivity contribution is -0.151. The summed E-state index contributed by atoms with van der Waals surface area (Å²) in [5, 5.41) is 9.44. The van der Waals surface area contributed by atoms with Gasteiger partial charge in [-0.15, -0.1) is 0 Å². The maximum atomic E-state index is 13.7. The number of carbonyl (C=O) groups is 1. The van der Waals surface area contributed by atoms with Gasteiger partial charge in [-0.25, -0.2) is 4.39 Å². The molecule has 0 atom stereocenters. The van der Waals surface area contributed by atoms with E-state index in [2.05, 4.69) is 0 Å². The minimum Gasteiger partial charge on any atom is -0.480 e. The second-order valence-corrected chi connectivity index (χ2v) is 5.17. The molecule has 1 aliphatic rings.